The molecule has 13 heavy (non-hydrogen) atoms. The lowest BCUT2D eigenvalue weighted by molar-refractivity contribution is -0.121. The summed E-state index contributed by atoms with van der Waals surface area (Å²) >= 11 is 0. The van der Waals surface area contributed by atoms with Crippen LogP contribution in [-0.4, -0.2) is 35.7 Å². The first-order chi connectivity index (χ1) is 5.97. The van der Waals surface area contributed by atoms with E-state index in [0.29, 0.717) is 0 Å². The number of aliphatic hydroxyl groups excluding tert-OH is 1. The van der Waals surface area contributed by atoms with Crippen LogP contribution in [0.3, 0.4) is 0 Å². The number of hydrogen-bond acceptors (Lipinski definition) is 4. The van der Waals surface area contributed by atoms with E-state index in [9.17, 15) is 9.59 Å². The molecule has 76 valence electrons. The lowest BCUT2D eigenvalue weighted by atomic mass is 10.2. The van der Waals surface area contributed by atoms with Crippen molar-refractivity contribution in [1.29, 1.82) is 0 Å². The van der Waals surface area contributed by atoms with Crippen LogP contribution in [-0.2, 0) is 4.79 Å². The molecular formula is C7H15N3O3. The van der Waals surface area contributed by atoms with Gasteiger partial charge in [0.25, 0.3) is 0 Å². The summed E-state index contributed by atoms with van der Waals surface area (Å²) in [5.41, 5.74) is 4.75. The highest BCUT2D eigenvalue weighted by molar-refractivity contribution is 5.96. The molecule has 0 rings (SSSR count). The Hall–Kier alpha value is -1.14. The Morgan fingerprint density at radius 2 is 2.00 bits per heavy atom. The van der Waals surface area contributed by atoms with Gasteiger partial charge in [-0.25, -0.2) is 4.79 Å². The highest BCUT2D eigenvalue weighted by atomic mass is 16.3. The molecule has 2 atom stereocenters. The Bertz CT molecular complexity index is 195. The maximum Gasteiger partial charge on any atom is 0.318 e. The lowest BCUT2D eigenvalue weighted by Gasteiger charge is -2.16. The number of hydrogen-bond donors (Lipinski definition) is 4. The van der Waals surface area contributed by atoms with Gasteiger partial charge in [0.1, 0.15) is 0 Å². The fourth-order valence-corrected chi connectivity index (χ4v) is 0.785. The van der Waals surface area contributed by atoms with Crippen LogP contribution in [0, 0.1) is 0 Å². The molecule has 6 nitrogen and oxygen atoms in total. The zero-order chi connectivity index (χ0) is 10.4. The average molecular weight is 189 g/mol. The number of rotatable bonds is 4. The third-order valence-corrected chi connectivity index (χ3v) is 1.45. The zero-order valence-electron chi connectivity index (χ0n) is 7.70. The normalized spacial score (nSPS) is 14.7. The molecule has 0 aromatic heterocycles. The van der Waals surface area contributed by atoms with E-state index >= 15 is 0 Å². The molecule has 0 aromatic carbocycles. The van der Waals surface area contributed by atoms with Crippen LogP contribution < -0.4 is 16.4 Å². The molecule has 0 heterocycles. The zero-order valence-corrected chi connectivity index (χ0v) is 7.70. The molecule has 6 heteroatoms. The molecule has 3 amide bonds. The van der Waals surface area contributed by atoms with Crippen molar-refractivity contribution >= 4 is 11.9 Å². The number of nitrogens with one attached hydrogen (secondary N) is 2. The smallest absolute Gasteiger partial charge is 0.318 e. The van der Waals surface area contributed by atoms with Gasteiger partial charge in [0, 0.05) is 6.04 Å². The monoisotopic (exact) mass is 189 g/mol. The van der Waals surface area contributed by atoms with Crippen molar-refractivity contribution in [2.45, 2.75) is 25.9 Å². The SMILES string of the molecule is CC(CO)NC(C)C(=O)NC(N)=O. The standard InChI is InChI=1S/C7H15N3O3/c1-4(3-11)9-5(2)6(12)10-7(8)13/h4-5,9,11H,3H2,1-2H3,(H3,8,10,12,13). The van der Waals surface area contributed by atoms with Gasteiger partial charge in [-0.3, -0.25) is 10.1 Å². The number of nitrogens with two attached hydrogens (primary N) is 1. The van der Waals surface area contributed by atoms with E-state index in [0.717, 1.165) is 0 Å². The summed E-state index contributed by atoms with van der Waals surface area (Å²) < 4.78 is 0. The lowest BCUT2D eigenvalue weighted by Crippen LogP contribution is -2.49. The fraction of sp³-hybridized carbons (Fsp3) is 0.714. The number of amides is 3. The summed E-state index contributed by atoms with van der Waals surface area (Å²) in [4.78, 5) is 21.3. The molecule has 0 aliphatic heterocycles. The van der Waals surface area contributed by atoms with Crippen LogP contribution in [0.2, 0.25) is 0 Å². The van der Waals surface area contributed by atoms with E-state index in [1.807, 2.05) is 5.32 Å². The van der Waals surface area contributed by atoms with Crippen molar-refractivity contribution in [3.63, 3.8) is 0 Å². The summed E-state index contributed by atoms with van der Waals surface area (Å²) in [7, 11) is 0. The highest BCUT2D eigenvalue weighted by Crippen LogP contribution is 1.86. The molecule has 2 unspecified atom stereocenters. The van der Waals surface area contributed by atoms with Crippen molar-refractivity contribution in [3.8, 4) is 0 Å². The Morgan fingerprint density at radius 1 is 1.46 bits per heavy atom. The molecule has 0 radical (unpaired) electrons. The summed E-state index contributed by atoms with van der Waals surface area (Å²) in [5, 5.41) is 13.4. The Morgan fingerprint density at radius 3 is 2.38 bits per heavy atom. The second-order valence-electron chi connectivity index (χ2n) is 2.83. The minimum absolute atomic E-state index is 0.0752. The van der Waals surface area contributed by atoms with Crippen LogP contribution in [0.4, 0.5) is 4.79 Å². The first-order valence-corrected chi connectivity index (χ1v) is 3.94. The van der Waals surface area contributed by atoms with Gasteiger partial charge in [-0.2, -0.15) is 0 Å². The van der Waals surface area contributed by atoms with Gasteiger partial charge >= 0.3 is 6.03 Å². The molecule has 5 N–H and O–H groups in total. The van der Waals surface area contributed by atoms with Crippen molar-refractivity contribution in [2.75, 3.05) is 6.61 Å². The molecule has 0 saturated heterocycles. The maximum atomic E-state index is 11.0. The van der Waals surface area contributed by atoms with Crippen LogP contribution in [0.5, 0.6) is 0 Å². The summed E-state index contributed by atoms with van der Waals surface area (Å²) in [5.74, 6) is -0.507. The number of carbonyl (C=O) groups is 2. The minimum atomic E-state index is -0.879. The summed E-state index contributed by atoms with van der Waals surface area (Å²) in [6.07, 6.45) is 0. The van der Waals surface area contributed by atoms with Gasteiger partial charge in [-0.1, -0.05) is 0 Å². The topological polar surface area (TPSA) is 104 Å². The molecule has 0 aliphatic rings. The van der Waals surface area contributed by atoms with Crippen molar-refractivity contribution in [1.82, 2.24) is 10.6 Å². The third kappa shape index (κ3) is 5.15. The molecule has 0 spiro atoms. The predicted octanol–water partition coefficient (Wildman–Crippen LogP) is -1.46. The van der Waals surface area contributed by atoms with Gasteiger partial charge in [0.2, 0.25) is 5.91 Å². The van der Waals surface area contributed by atoms with Crippen LogP contribution in [0.1, 0.15) is 13.8 Å². The van der Waals surface area contributed by atoms with Gasteiger partial charge in [0.15, 0.2) is 0 Å². The van der Waals surface area contributed by atoms with Gasteiger partial charge in [-0.15, -0.1) is 0 Å². The van der Waals surface area contributed by atoms with E-state index < -0.39 is 18.0 Å². The Labute approximate surface area is 76.5 Å². The number of carbonyl (C=O) groups excluding carboxylic acids is 2. The predicted molar refractivity (Wildman–Crippen MR) is 46.9 cm³/mol. The molecule has 0 aromatic rings. The van der Waals surface area contributed by atoms with E-state index in [4.69, 9.17) is 10.8 Å². The van der Waals surface area contributed by atoms with Gasteiger partial charge in [-0.05, 0) is 13.8 Å². The van der Waals surface area contributed by atoms with Crippen LogP contribution >= 0.6 is 0 Å². The van der Waals surface area contributed by atoms with Gasteiger partial charge in [0.05, 0.1) is 12.6 Å². The minimum Gasteiger partial charge on any atom is -0.395 e. The molecule has 0 aliphatic carbocycles. The maximum absolute atomic E-state index is 11.0. The van der Waals surface area contributed by atoms with Crippen LogP contribution in [0.15, 0.2) is 0 Å². The first-order valence-electron chi connectivity index (χ1n) is 3.94. The fourth-order valence-electron chi connectivity index (χ4n) is 0.785. The molecule has 0 saturated carbocycles. The van der Waals surface area contributed by atoms with Crippen molar-refractivity contribution in [2.24, 2.45) is 5.73 Å². The van der Waals surface area contributed by atoms with E-state index in [1.54, 1.807) is 13.8 Å². The van der Waals surface area contributed by atoms with E-state index in [1.165, 1.54) is 0 Å². The number of primary amides is 1. The molecule has 0 fully saturated rings. The number of aliphatic hydroxyl groups is 1. The third-order valence-electron chi connectivity index (χ3n) is 1.45. The molecular weight excluding hydrogens is 174 g/mol. The van der Waals surface area contributed by atoms with E-state index in [2.05, 4.69) is 5.32 Å². The average Bonchev–Trinajstić information content (AvgIpc) is 2.02. The van der Waals surface area contributed by atoms with Crippen molar-refractivity contribution < 1.29 is 14.7 Å². The Balaban J connectivity index is 3.89. The molecule has 0 bridgehead atoms. The van der Waals surface area contributed by atoms with Crippen LogP contribution in [0.25, 0.3) is 0 Å². The number of urea groups is 1. The van der Waals surface area contributed by atoms with Gasteiger partial charge < -0.3 is 16.2 Å². The quantitative estimate of drug-likeness (QED) is 0.434. The van der Waals surface area contributed by atoms with E-state index in [-0.39, 0.29) is 12.6 Å². The van der Waals surface area contributed by atoms with Crippen molar-refractivity contribution in [3.05, 3.63) is 0 Å². The first kappa shape index (κ1) is 11.9. The summed E-state index contributed by atoms with van der Waals surface area (Å²) in [6.45, 7) is 3.21. The second-order valence-corrected chi connectivity index (χ2v) is 2.83. The highest BCUT2D eigenvalue weighted by Gasteiger charge is 2.15. The Kier molecular flexibility index (Phi) is 5.01. The summed E-state index contributed by atoms with van der Waals surface area (Å²) in [6, 6.07) is -1.64. The number of imide groups is 1. The second kappa shape index (κ2) is 5.50. The largest absolute Gasteiger partial charge is 0.395 e.